The summed E-state index contributed by atoms with van der Waals surface area (Å²) in [6.07, 6.45) is 5.22. The van der Waals surface area contributed by atoms with E-state index in [9.17, 15) is 9.59 Å². The third-order valence-electron chi connectivity index (χ3n) is 3.76. The van der Waals surface area contributed by atoms with Crippen molar-refractivity contribution >= 4 is 11.8 Å². The van der Waals surface area contributed by atoms with Crippen LogP contribution in [0.2, 0.25) is 0 Å². The second kappa shape index (κ2) is 8.75. The number of carbonyl (C=O) groups is 2. The Morgan fingerprint density at radius 1 is 1.22 bits per heavy atom. The van der Waals surface area contributed by atoms with Gasteiger partial charge in [0.1, 0.15) is 11.8 Å². The first-order valence-electron chi connectivity index (χ1n) is 8.44. The highest BCUT2D eigenvalue weighted by Crippen LogP contribution is 2.14. The normalized spacial score (nSPS) is 11.7. The molecule has 0 fully saturated rings. The SMILES string of the molecule is CC(NC(=O)CCc1nc(-c2ccncc2)no1)C(=O)NCc1ccco1. The molecule has 9 heteroatoms. The molecule has 140 valence electrons. The fourth-order valence-electron chi connectivity index (χ4n) is 2.31. The van der Waals surface area contributed by atoms with Crippen LogP contribution in [0.15, 0.2) is 51.9 Å². The van der Waals surface area contributed by atoms with Crippen LogP contribution in [0, 0.1) is 0 Å². The summed E-state index contributed by atoms with van der Waals surface area (Å²) < 4.78 is 10.3. The van der Waals surface area contributed by atoms with Gasteiger partial charge in [0.05, 0.1) is 12.8 Å². The van der Waals surface area contributed by atoms with Crippen molar-refractivity contribution in [3.63, 3.8) is 0 Å². The molecule has 3 heterocycles. The standard InChI is InChI=1S/C18H19N5O4/c1-12(18(25)20-11-14-3-2-10-26-14)21-15(24)4-5-16-22-17(23-27-16)13-6-8-19-9-7-13/h2-3,6-10,12H,4-5,11H2,1H3,(H,20,25)(H,21,24). The van der Waals surface area contributed by atoms with Crippen LogP contribution < -0.4 is 10.6 Å². The molecule has 0 spiro atoms. The Balaban J connectivity index is 1.42. The molecule has 0 radical (unpaired) electrons. The van der Waals surface area contributed by atoms with Crippen molar-refractivity contribution in [1.82, 2.24) is 25.8 Å². The highest BCUT2D eigenvalue weighted by atomic mass is 16.5. The quantitative estimate of drug-likeness (QED) is 0.616. The van der Waals surface area contributed by atoms with Gasteiger partial charge in [-0.2, -0.15) is 4.98 Å². The van der Waals surface area contributed by atoms with Crippen molar-refractivity contribution in [3.05, 3.63) is 54.6 Å². The van der Waals surface area contributed by atoms with Crippen molar-refractivity contribution in [2.24, 2.45) is 0 Å². The molecule has 3 aromatic rings. The van der Waals surface area contributed by atoms with E-state index in [0.717, 1.165) is 5.56 Å². The highest BCUT2D eigenvalue weighted by Gasteiger charge is 2.17. The van der Waals surface area contributed by atoms with Crippen molar-refractivity contribution in [2.75, 3.05) is 0 Å². The Kier molecular flexibility index (Phi) is 5.93. The van der Waals surface area contributed by atoms with Crippen LogP contribution >= 0.6 is 0 Å². The number of rotatable bonds is 8. The molecular weight excluding hydrogens is 350 g/mol. The number of nitrogens with one attached hydrogen (secondary N) is 2. The average Bonchev–Trinajstić information content (AvgIpc) is 3.37. The lowest BCUT2D eigenvalue weighted by Gasteiger charge is -2.13. The number of hydrogen-bond donors (Lipinski definition) is 2. The molecule has 0 aliphatic heterocycles. The molecule has 1 unspecified atom stereocenters. The van der Waals surface area contributed by atoms with Gasteiger partial charge in [-0.1, -0.05) is 5.16 Å². The number of carbonyl (C=O) groups excluding carboxylic acids is 2. The average molecular weight is 369 g/mol. The van der Waals surface area contributed by atoms with E-state index in [0.29, 0.717) is 17.5 Å². The Hall–Kier alpha value is -3.49. The number of pyridine rings is 1. The first kappa shape index (κ1) is 18.3. The molecule has 2 amide bonds. The molecule has 3 rings (SSSR count). The van der Waals surface area contributed by atoms with Crippen LogP contribution in [0.5, 0.6) is 0 Å². The summed E-state index contributed by atoms with van der Waals surface area (Å²) in [6, 6.07) is 6.37. The van der Waals surface area contributed by atoms with Gasteiger partial charge in [-0.25, -0.2) is 0 Å². The van der Waals surface area contributed by atoms with Gasteiger partial charge in [-0.05, 0) is 31.2 Å². The number of aromatic nitrogens is 3. The lowest BCUT2D eigenvalue weighted by atomic mass is 10.2. The largest absolute Gasteiger partial charge is 0.467 e. The van der Waals surface area contributed by atoms with Gasteiger partial charge in [-0.15, -0.1) is 0 Å². The van der Waals surface area contributed by atoms with E-state index >= 15 is 0 Å². The molecule has 0 saturated carbocycles. The van der Waals surface area contributed by atoms with Crippen LogP contribution in [0.25, 0.3) is 11.4 Å². The summed E-state index contributed by atoms with van der Waals surface area (Å²) in [7, 11) is 0. The van der Waals surface area contributed by atoms with Gasteiger partial charge in [0.25, 0.3) is 0 Å². The Bertz CT molecular complexity index is 876. The van der Waals surface area contributed by atoms with Gasteiger partial charge < -0.3 is 19.6 Å². The number of amides is 2. The van der Waals surface area contributed by atoms with Gasteiger partial charge in [0.2, 0.25) is 23.5 Å². The lowest BCUT2D eigenvalue weighted by molar-refractivity contribution is -0.128. The van der Waals surface area contributed by atoms with Crippen LogP contribution in [-0.4, -0.2) is 33.0 Å². The van der Waals surface area contributed by atoms with Gasteiger partial charge in [-0.3, -0.25) is 14.6 Å². The summed E-state index contributed by atoms with van der Waals surface area (Å²) >= 11 is 0. The molecule has 9 nitrogen and oxygen atoms in total. The third kappa shape index (κ3) is 5.24. The second-order valence-electron chi connectivity index (χ2n) is 5.83. The van der Waals surface area contributed by atoms with Crippen molar-refractivity contribution in [1.29, 1.82) is 0 Å². The Morgan fingerprint density at radius 2 is 2.04 bits per heavy atom. The molecule has 0 bridgehead atoms. The van der Waals surface area contributed by atoms with Crippen LogP contribution in [-0.2, 0) is 22.6 Å². The summed E-state index contributed by atoms with van der Waals surface area (Å²) in [5, 5.41) is 9.21. The molecule has 27 heavy (non-hydrogen) atoms. The van der Waals surface area contributed by atoms with E-state index in [4.69, 9.17) is 8.94 Å². The maximum absolute atomic E-state index is 12.0. The minimum atomic E-state index is -0.664. The molecule has 1 atom stereocenters. The summed E-state index contributed by atoms with van der Waals surface area (Å²) in [6.45, 7) is 1.88. The van der Waals surface area contributed by atoms with Crippen molar-refractivity contribution in [3.8, 4) is 11.4 Å². The minimum Gasteiger partial charge on any atom is -0.467 e. The maximum atomic E-state index is 12.0. The Morgan fingerprint density at radius 3 is 2.78 bits per heavy atom. The fourth-order valence-corrected chi connectivity index (χ4v) is 2.31. The molecular formula is C18H19N5O4. The second-order valence-corrected chi connectivity index (χ2v) is 5.83. The van der Waals surface area contributed by atoms with Crippen LogP contribution in [0.4, 0.5) is 0 Å². The monoisotopic (exact) mass is 369 g/mol. The number of hydrogen-bond acceptors (Lipinski definition) is 7. The molecule has 3 aromatic heterocycles. The van der Waals surface area contributed by atoms with E-state index in [1.54, 1.807) is 43.6 Å². The van der Waals surface area contributed by atoms with Crippen molar-refractivity contribution in [2.45, 2.75) is 32.4 Å². The van der Waals surface area contributed by atoms with E-state index in [2.05, 4.69) is 25.8 Å². The van der Waals surface area contributed by atoms with E-state index in [1.165, 1.54) is 6.26 Å². The van der Waals surface area contributed by atoms with E-state index in [-0.39, 0.29) is 31.2 Å². The van der Waals surface area contributed by atoms with Gasteiger partial charge in [0, 0.05) is 30.8 Å². The molecule has 0 aliphatic rings. The minimum absolute atomic E-state index is 0.133. The molecule has 0 aromatic carbocycles. The number of nitrogens with zero attached hydrogens (tertiary/aromatic N) is 3. The summed E-state index contributed by atoms with van der Waals surface area (Å²) in [5.74, 6) is 0.866. The first-order valence-corrected chi connectivity index (χ1v) is 8.44. The van der Waals surface area contributed by atoms with Gasteiger partial charge >= 0.3 is 0 Å². The molecule has 0 saturated heterocycles. The van der Waals surface area contributed by atoms with Gasteiger partial charge in [0.15, 0.2) is 0 Å². The number of furan rings is 1. The van der Waals surface area contributed by atoms with Crippen molar-refractivity contribution < 1.29 is 18.5 Å². The zero-order valence-corrected chi connectivity index (χ0v) is 14.7. The van der Waals surface area contributed by atoms with Crippen LogP contribution in [0.3, 0.4) is 0 Å². The topological polar surface area (TPSA) is 123 Å². The zero-order chi connectivity index (χ0) is 19.1. The third-order valence-corrected chi connectivity index (χ3v) is 3.76. The summed E-state index contributed by atoms with van der Waals surface area (Å²) in [5.41, 5.74) is 0.784. The fraction of sp³-hybridized carbons (Fsp3) is 0.278. The first-order chi connectivity index (χ1) is 13.1. The van der Waals surface area contributed by atoms with E-state index in [1.807, 2.05) is 0 Å². The smallest absolute Gasteiger partial charge is 0.242 e. The van der Waals surface area contributed by atoms with E-state index < -0.39 is 6.04 Å². The summed E-state index contributed by atoms with van der Waals surface area (Å²) in [4.78, 5) is 32.2. The highest BCUT2D eigenvalue weighted by molar-refractivity contribution is 5.87. The molecule has 0 aliphatic carbocycles. The number of aryl methyl sites for hydroxylation is 1. The molecule has 2 N–H and O–H groups in total. The Labute approximate surface area is 155 Å². The maximum Gasteiger partial charge on any atom is 0.242 e. The zero-order valence-electron chi connectivity index (χ0n) is 14.7. The lowest BCUT2D eigenvalue weighted by Crippen LogP contribution is -2.44. The predicted octanol–water partition coefficient (Wildman–Crippen LogP) is 1.48. The van der Waals surface area contributed by atoms with Crippen LogP contribution in [0.1, 0.15) is 25.0 Å². The predicted molar refractivity (Wildman–Crippen MR) is 94.0 cm³/mol.